The largest absolute Gasteiger partial charge is 0.459 e. The van der Waals surface area contributed by atoms with E-state index in [2.05, 4.69) is 23.8 Å². The number of ether oxygens (including phenoxy) is 1. The molecule has 0 amide bonds. The molecule has 4 aromatic rings. The smallest absolute Gasteiger partial charge is 0.321 e. The van der Waals surface area contributed by atoms with E-state index in [1.807, 2.05) is 36.4 Å². The van der Waals surface area contributed by atoms with Crippen LogP contribution in [-0.4, -0.2) is 15.8 Å². The van der Waals surface area contributed by atoms with Crippen LogP contribution in [0, 0.1) is 0 Å². The zero-order valence-corrected chi connectivity index (χ0v) is 14.9. The topological polar surface area (TPSA) is 65.2 Å². The van der Waals surface area contributed by atoms with Crippen molar-refractivity contribution in [3.05, 3.63) is 83.4 Å². The van der Waals surface area contributed by atoms with Gasteiger partial charge in [0.05, 0.1) is 5.56 Å². The number of hydrogen-bond donors (Lipinski definition) is 0. The van der Waals surface area contributed by atoms with Gasteiger partial charge in [-0.25, -0.2) is 9.97 Å². The van der Waals surface area contributed by atoms with Gasteiger partial charge in [-0.05, 0) is 49.7 Å². The second-order valence-electron chi connectivity index (χ2n) is 7.10. The van der Waals surface area contributed by atoms with Crippen molar-refractivity contribution in [3.63, 3.8) is 0 Å². The van der Waals surface area contributed by atoms with Crippen LogP contribution in [-0.2, 0) is 5.41 Å². The van der Waals surface area contributed by atoms with Crippen molar-refractivity contribution >= 4 is 16.8 Å². The first-order chi connectivity index (χ1) is 13.1. The van der Waals surface area contributed by atoms with E-state index in [1.165, 1.54) is 0 Å². The number of carbonyl (C=O) groups is 1. The van der Waals surface area contributed by atoms with E-state index in [-0.39, 0.29) is 11.8 Å². The lowest BCUT2D eigenvalue weighted by Gasteiger charge is -2.30. The Labute approximate surface area is 155 Å². The fourth-order valence-electron chi connectivity index (χ4n) is 3.71. The molecule has 1 aliphatic carbocycles. The third kappa shape index (κ3) is 2.28. The van der Waals surface area contributed by atoms with E-state index in [0.717, 1.165) is 16.5 Å². The fraction of sp³-hybridized carbons (Fsp3) is 0.136. The van der Waals surface area contributed by atoms with E-state index < -0.39 is 5.41 Å². The van der Waals surface area contributed by atoms with Gasteiger partial charge in [0.15, 0.2) is 5.78 Å². The van der Waals surface area contributed by atoms with Crippen molar-refractivity contribution in [1.82, 2.24) is 9.97 Å². The van der Waals surface area contributed by atoms with Crippen LogP contribution < -0.4 is 4.74 Å². The Morgan fingerprint density at radius 3 is 2.59 bits per heavy atom. The van der Waals surface area contributed by atoms with Gasteiger partial charge < -0.3 is 9.15 Å². The predicted molar refractivity (Wildman–Crippen MR) is 100 cm³/mol. The lowest BCUT2D eigenvalue weighted by atomic mass is 9.72. The zero-order valence-electron chi connectivity index (χ0n) is 14.9. The average molecular weight is 356 g/mol. The average Bonchev–Trinajstić information content (AvgIpc) is 3.08. The SMILES string of the molecule is CC1(C)c2cc(Oc3ncccn3)ccc2C(=O)c2c1oc1ccccc21. The molecule has 2 aromatic carbocycles. The second kappa shape index (κ2) is 5.51. The summed E-state index contributed by atoms with van der Waals surface area (Å²) in [6.45, 7) is 4.12. The summed E-state index contributed by atoms with van der Waals surface area (Å²) < 4.78 is 11.9. The molecule has 0 aliphatic heterocycles. The van der Waals surface area contributed by atoms with Crippen molar-refractivity contribution in [2.24, 2.45) is 0 Å². The van der Waals surface area contributed by atoms with Crippen molar-refractivity contribution < 1.29 is 13.9 Å². The molecule has 27 heavy (non-hydrogen) atoms. The number of nitrogens with zero attached hydrogens (tertiary/aromatic N) is 2. The molecule has 0 N–H and O–H groups in total. The van der Waals surface area contributed by atoms with Crippen molar-refractivity contribution in [3.8, 4) is 11.8 Å². The maximum absolute atomic E-state index is 13.2. The molecule has 0 unspecified atom stereocenters. The first-order valence-electron chi connectivity index (χ1n) is 8.72. The molecule has 0 bridgehead atoms. The summed E-state index contributed by atoms with van der Waals surface area (Å²) in [7, 11) is 0. The number of fused-ring (bicyclic) bond motifs is 4. The number of rotatable bonds is 2. The molecule has 0 saturated heterocycles. The Morgan fingerprint density at radius 2 is 1.78 bits per heavy atom. The van der Waals surface area contributed by atoms with Crippen LogP contribution in [0.3, 0.4) is 0 Å². The van der Waals surface area contributed by atoms with Gasteiger partial charge in [0.1, 0.15) is 17.1 Å². The molecule has 2 aromatic heterocycles. The summed E-state index contributed by atoms with van der Waals surface area (Å²) in [5.41, 5.74) is 2.44. The number of para-hydroxylation sites is 1. The summed E-state index contributed by atoms with van der Waals surface area (Å²) in [6, 6.07) is 15.1. The van der Waals surface area contributed by atoms with Gasteiger partial charge >= 0.3 is 6.01 Å². The molecule has 0 radical (unpaired) electrons. The molecular weight excluding hydrogens is 340 g/mol. The van der Waals surface area contributed by atoms with Crippen LogP contribution >= 0.6 is 0 Å². The van der Waals surface area contributed by atoms with Crippen LogP contribution in [0.1, 0.15) is 41.1 Å². The van der Waals surface area contributed by atoms with Gasteiger partial charge in [-0.3, -0.25) is 4.79 Å². The quantitative estimate of drug-likeness (QED) is 0.512. The summed E-state index contributed by atoms with van der Waals surface area (Å²) >= 11 is 0. The molecule has 0 atom stereocenters. The van der Waals surface area contributed by atoms with Gasteiger partial charge in [0, 0.05) is 28.8 Å². The Bertz CT molecular complexity index is 1190. The summed E-state index contributed by atoms with van der Waals surface area (Å²) in [6.07, 6.45) is 3.24. The Kier molecular flexibility index (Phi) is 3.22. The molecule has 2 heterocycles. The lowest BCUT2D eigenvalue weighted by Crippen LogP contribution is -2.29. The minimum absolute atomic E-state index is 0.0215. The van der Waals surface area contributed by atoms with E-state index >= 15 is 0 Å². The van der Waals surface area contributed by atoms with Crippen LogP contribution in [0.25, 0.3) is 11.0 Å². The van der Waals surface area contributed by atoms with E-state index in [0.29, 0.717) is 22.6 Å². The molecule has 0 spiro atoms. The van der Waals surface area contributed by atoms with Crippen LogP contribution in [0.5, 0.6) is 11.8 Å². The Hall–Kier alpha value is -3.47. The second-order valence-corrected chi connectivity index (χ2v) is 7.10. The number of hydrogen-bond acceptors (Lipinski definition) is 5. The highest BCUT2D eigenvalue weighted by molar-refractivity contribution is 6.19. The highest BCUT2D eigenvalue weighted by atomic mass is 16.5. The van der Waals surface area contributed by atoms with Crippen LogP contribution in [0.4, 0.5) is 0 Å². The van der Waals surface area contributed by atoms with Gasteiger partial charge in [-0.2, -0.15) is 0 Å². The van der Waals surface area contributed by atoms with Crippen LogP contribution in [0.15, 0.2) is 65.3 Å². The number of aromatic nitrogens is 2. The molecule has 5 rings (SSSR count). The molecule has 0 fully saturated rings. The van der Waals surface area contributed by atoms with Gasteiger partial charge in [0.25, 0.3) is 0 Å². The summed E-state index contributed by atoms with van der Waals surface area (Å²) in [5, 5.41) is 0.856. The third-order valence-electron chi connectivity index (χ3n) is 5.05. The van der Waals surface area contributed by atoms with Gasteiger partial charge in [-0.15, -0.1) is 0 Å². The molecule has 0 saturated carbocycles. The van der Waals surface area contributed by atoms with E-state index in [9.17, 15) is 4.79 Å². The summed E-state index contributed by atoms with van der Waals surface area (Å²) in [4.78, 5) is 21.4. The van der Waals surface area contributed by atoms with Crippen molar-refractivity contribution in [2.45, 2.75) is 19.3 Å². The predicted octanol–water partition coefficient (Wildman–Crippen LogP) is 4.89. The third-order valence-corrected chi connectivity index (χ3v) is 5.05. The first-order valence-corrected chi connectivity index (χ1v) is 8.72. The summed E-state index contributed by atoms with van der Waals surface area (Å²) in [5.74, 6) is 1.25. The highest BCUT2D eigenvalue weighted by Gasteiger charge is 2.41. The molecule has 5 nitrogen and oxygen atoms in total. The number of ketones is 1. The van der Waals surface area contributed by atoms with Crippen LogP contribution in [0.2, 0.25) is 0 Å². The minimum Gasteiger partial charge on any atom is -0.459 e. The van der Waals surface area contributed by atoms with Gasteiger partial charge in [0.2, 0.25) is 0 Å². The molecular formula is C22H16N2O3. The Morgan fingerprint density at radius 1 is 1.00 bits per heavy atom. The number of benzene rings is 2. The Balaban J connectivity index is 1.67. The monoisotopic (exact) mass is 356 g/mol. The fourth-order valence-corrected chi connectivity index (χ4v) is 3.71. The lowest BCUT2D eigenvalue weighted by molar-refractivity contribution is 0.102. The number of carbonyl (C=O) groups excluding carboxylic acids is 1. The molecule has 5 heteroatoms. The minimum atomic E-state index is -0.478. The number of furan rings is 1. The molecule has 1 aliphatic rings. The van der Waals surface area contributed by atoms with E-state index in [1.54, 1.807) is 24.5 Å². The molecule has 132 valence electrons. The normalized spacial score (nSPS) is 14.7. The van der Waals surface area contributed by atoms with Crippen molar-refractivity contribution in [1.29, 1.82) is 0 Å². The van der Waals surface area contributed by atoms with Crippen molar-refractivity contribution in [2.75, 3.05) is 0 Å². The van der Waals surface area contributed by atoms with Gasteiger partial charge in [-0.1, -0.05) is 18.2 Å². The highest BCUT2D eigenvalue weighted by Crippen LogP contribution is 2.46. The maximum atomic E-state index is 13.2. The first kappa shape index (κ1) is 15.8. The van der Waals surface area contributed by atoms with E-state index in [4.69, 9.17) is 9.15 Å². The zero-order chi connectivity index (χ0) is 18.6. The standard InChI is InChI=1S/C22H16N2O3/c1-22(2)16-12-13(26-21-23-10-5-11-24-21)8-9-14(16)19(25)18-15-6-3-4-7-17(15)27-20(18)22/h3-12H,1-2H3. The maximum Gasteiger partial charge on any atom is 0.321 e.